The highest BCUT2D eigenvalue weighted by atomic mass is 19.1. The van der Waals surface area contributed by atoms with Gasteiger partial charge in [-0.1, -0.05) is 6.92 Å². The van der Waals surface area contributed by atoms with Gasteiger partial charge in [0, 0.05) is 5.56 Å². The number of methoxy groups -OCH3 is 1. The van der Waals surface area contributed by atoms with E-state index in [2.05, 4.69) is 0 Å². The van der Waals surface area contributed by atoms with Crippen LogP contribution in [0.5, 0.6) is 5.75 Å². The monoisotopic (exact) mass is 207 g/mol. The molecule has 0 amide bonds. The summed E-state index contributed by atoms with van der Waals surface area (Å²) in [4.78, 5) is 0. The molecular formula is C12H14FNO. The molecule has 0 saturated carbocycles. The first-order chi connectivity index (χ1) is 7.15. The highest BCUT2D eigenvalue weighted by Gasteiger charge is 2.14. The lowest BCUT2D eigenvalue weighted by molar-refractivity contribution is 0.401. The summed E-state index contributed by atoms with van der Waals surface area (Å²) in [6.45, 7) is 3.65. The van der Waals surface area contributed by atoms with E-state index < -0.39 is 0 Å². The third kappa shape index (κ3) is 2.10. The number of hydrogen-bond acceptors (Lipinski definition) is 2. The summed E-state index contributed by atoms with van der Waals surface area (Å²) in [6.07, 6.45) is 0.956. The lowest BCUT2D eigenvalue weighted by Gasteiger charge is -2.14. The van der Waals surface area contributed by atoms with Gasteiger partial charge in [-0.15, -0.1) is 0 Å². The summed E-state index contributed by atoms with van der Waals surface area (Å²) in [5.41, 5.74) is 2.16. The fraction of sp³-hybridized carbons (Fsp3) is 0.417. The molecule has 1 aromatic carbocycles. The molecule has 1 aromatic rings. The van der Waals surface area contributed by atoms with Crippen LogP contribution in [0, 0.1) is 24.1 Å². The average molecular weight is 207 g/mol. The van der Waals surface area contributed by atoms with Gasteiger partial charge in [0.2, 0.25) is 0 Å². The second kappa shape index (κ2) is 4.79. The molecule has 0 aliphatic heterocycles. The van der Waals surface area contributed by atoms with Crippen molar-refractivity contribution in [2.75, 3.05) is 7.11 Å². The maximum absolute atomic E-state index is 13.5. The number of nitrogens with zero attached hydrogens (tertiary/aromatic N) is 1. The molecule has 0 heterocycles. The molecule has 0 fully saturated rings. The molecule has 0 unspecified atom stereocenters. The first-order valence-corrected chi connectivity index (χ1v) is 4.87. The van der Waals surface area contributed by atoms with Crippen molar-refractivity contribution in [1.29, 1.82) is 5.26 Å². The van der Waals surface area contributed by atoms with Crippen molar-refractivity contribution in [2.24, 2.45) is 0 Å². The highest BCUT2D eigenvalue weighted by molar-refractivity contribution is 5.47. The topological polar surface area (TPSA) is 33.0 Å². The van der Waals surface area contributed by atoms with E-state index in [9.17, 15) is 4.39 Å². The predicted octanol–water partition coefficient (Wildman–Crippen LogP) is 2.77. The molecule has 0 aliphatic rings. The molecule has 80 valence electrons. The zero-order chi connectivity index (χ0) is 11.4. The Bertz CT molecular complexity index is 407. The minimum atomic E-state index is -0.311. The molecule has 0 spiro atoms. The Hall–Kier alpha value is -1.56. The number of nitriles is 1. The van der Waals surface area contributed by atoms with Crippen LogP contribution in [0.2, 0.25) is 0 Å². The Morgan fingerprint density at radius 3 is 2.67 bits per heavy atom. The van der Waals surface area contributed by atoms with E-state index in [0.717, 1.165) is 17.5 Å². The Morgan fingerprint density at radius 2 is 2.20 bits per heavy atom. The molecule has 0 aliphatic carbocycles. The predicted molar refractivity (Wildman–Crippen MR) is 56.4 cm³/mol. The number of benzene rings is 1. The van der Waals surface area contributed by atoms with Crippen LogP contribution in [0.4, 0.5) is 4.39 Å². The van der Waals surface area contributed by atoms with Crippen molar-refractivity contribution in [3.63, 3.8) is 0 Å². The quantitative estimate of drug-likeness (QED) is 0.763. The molecule has 0 N–H and O–H groups in total. The number of hydrogen-bond donors (Lipinski definition) is 0. The van der Waals surface area contributed by atoms with Gasteiger partial charge >= 0.3 is 0 Å². The van der Waals surface area contributed by atoms with Crippen molar-refractivity contribution >= 4 is 0 Å². The second-order valence-electron chi connectivity index (χ2n) is 3.34. The molecule has 0 atom stereocenters. The minimum Gasteiger partial charge on any atom is -0.496 e. The normalized spacial score (nSPS) is 9.80. The average Bonchev–Trinajstić information content (AvgIpc) is 2.23. The van der Waals surface area contributed by atoms with E-state index in [1.54, 1.807) is 6.92 Å². The van der Waals surface area contributed by atoms with Gasteiger partial charge in [0.25, 0.3) is 0 Å². The lowest BCUT2D eigenvalue weighted by atomic mass is 9.98. The Morgan fingerprint density at radius 1 is 1.53 bits per heavy atom. The van der Waals surface area contributed by atoms with Crippen LogP contribution in [0.1, 0.15) is 23.6 Å². The zero-order valence-electron chi connectivity index (χ0n) is 9.22. The SMILES string of the molecule is CCc1c(CC#N)cc(F)c(C)c1OC. The molecule has 0 radical (unpaired) electrons. The van der Waals surface area contributed by atoms with E-state index in [1.165, 1.54) is 13.2 Å². The molecule has 1 rings (SSSR count). The maximum Gasteiger partial charge on any atom is 0.130 e. The van der Waals surface area contributed by atoms with Crippen molar-refractivity contribution in [3.8, 4) is 11.8 Å². The minimum absolute atomic E-state index is 0.219. The van der Waals surface area contributed by atoms with E-state index in [1.807, 2.05) is 13.0 Å². The Kier molecular flexibility index (Phi) is 3.68. The van der Waals surface area contributed by atoms with Crippen molar-refractivity contribution < 1.29 is 9.13 Å². The molecule has 2 nitrogen and oxygen atoms in total. The largest absolute Gasteiger partial charge is 0.496 e. The van der Waals surface area contributed by atoms with E-state index in [4.69, 9.17) is 10.00 Å². The van der Waals surface area contributed by atoms with Gasteiger partial charge in [-0.3, -0.25) is 0 Å². The van der Waals surface area contributed by atoms with Gasteiger partial charge in [0.15, 0.2) is 0 Å². The van der Waals surface area contributed by atoms with Crippen molar-refractivity contribution in [3.05, 3.63) is 28.6 Å². The Balaban J connectivity index is 3.41. The zero-order valence-corrected chi connectivity index (χ0v) is 9.22. The smallest absolute Gasteiger partial charge is 0.130 e. The van der Waals surface area contributed by atoms with Crippen LogP contribution in [-0.2, 0) is 12.8 Å². The summed E-state index contributed by atoms with van der Waals surface area (Å²) in [7, 11) is 1.52. The van der Waals surface area contributed by atoms with Crippen LogP contribution in [0.15, 0.2) is 6.07 Å². The van der Waals surface area contributed by atoms with E-state index in [0.29, 0.717) is 11.3 Å². The molecule has 15 heavy (non-hydrogen) atoms. The number of ether oxygens (including phenoxy) is 1. The van der Waals surface area contributed by atoms with E-state index >= 15 is 0 Å². The molecule has 0 bridgehead atoms. The number of rotatable bonds is 3. The van der Waals surface area contributed by atoms with Gasteiger partial charge in [0.05, 0.1) is 19.6 Å². The van der Waals surface area contributed by atoms with Crippen LogP contribution >= 0.6 is 0 Å². The van der Waals surface area contributed by atoms with Crippen LogP contribution in [-0.4, -0.2) is 7.11 Å². The summed E-state index contributed by atoms with van der Waals surface area (Å²) in [6, 6.07) is 3.46. The standard InChI is InChI=1S/C12H14FNO/c1-4-10-9(5-6-14)7-11(13)8(2)12(10)15-3/h7H,4-5H2,1-3H3. The third-order valence-corrected chi connectivity index (χ3v) is 2.49. The van der Waals surface area contributed by atoms with Crippen LogP contribution in [0.3, 0.4) is 0 Å². The fourth-order valence-corrected chi connectivity index (χ4v) is 1.74. The van der Waals surface area contributed by atoms with Gasteiger partial charge in [-0.25, -0.2) is 4.39 Å². The highest BCUT2D eigenvalue weighted by Crippen LogP contribution is 2.29. The van der Waals surface area contributed by atoms with Crippen LogP contribution < -0.4 is 4.74 Å². The van der Waals surface area contributed by atoms with Crippen molar-refractivity contribution in [1.82, 2.24) is 0 Å². The Labute approximate surface area is 89.3 Å². The summed E-state index contributed by atoms with van der Waals surface area (Å²) >= 11 is 0. The van der Waals surface area contributed by atoms with Crippen LogP contribution in [0.25, 0.3) is 0 Å². The summed E-state index contributed by atoms with van der Waals surface area (Å²) in [5, 5.41) is 8.65. The lowest BCUT2D eigenvalue weighted by Crippen LogP contribution is -2.01. The van der Waals surface area contributed by atoms with Gasteiger partial charge in [-0.2, -0.15) is 5.26 Å². The molecule has 3 heteroatoms. The molecule has 0 saturated heterocycles. The first kappa shape index (κ1) is 11.5. The fourth-order valence-electron chi connectivity index (χ4n) is 1.74. The van der Waals surface area contributed by atoms with Gasteiger partial charge in [0.1, 0.15) is 11.6 Å². The van der Waals surface area contributed by atoms with Gasteiger partial charge in [-0.05, 0) is 30.5 Å². The second-order valence-corrected chi connectivity index (χ2v) is 3.34. The van der Waals surface area contributed by atoms with Gasteiger partial charge < -0.3 is 4.74 Å². The maximum atomic E-state index is 13.5. The van der Waals surface area contributed by atoms with Crippen molar-refractivity contribution in [2.45, 2.75) is 26.7 Å². The number of halogens is 1. The summed E-state index contributed by atoms with van der Waals surface area (Å²) < 4.78 is 18.7. The molecular weight excluding hydrogens is 193 g/mol. The summed E-state index contributed by atoms with van der Waals surface area (Å²) in [5.74, 6) is 0.261. The third-order valence-electron chi connectivity index (χ3n) is 2.49. The molecule has 0 aromatic heterocycles. The first-order valence-electron chi connectivity index (χ1n) is 4.87. The van der Waals surface area contributed by atoms with E-state index in [-0.39, 0.29) is 12.2 Å².